The lowest BCUT2D eigenvalue weighted by Gasteiger charge is -2.19. The van der Waals surface area contributed by atoms with Gasteiger partial charge in [0.2, 0.25) is 0 Å². The molecule has 0 heterocycles. The van der Waals surface area contributed by atoms with E-state index >= 15 is 0 Å². The second kappa shape index (κ2) is 35.8. The van der Waals surface area contributed by atoms with Crippen LogP contribution in [0.3, 0.4) is 0 Å². The Morgan fingerprint density at radius 1 is 0.308 bits per heavy atom. The smallest absolute Gasteiger partial charge is 0.159 e. The van der Waals surface area contributed by atoms with Gasteiger partial charge in [-0.15, -0.1) is 0 Å². The topological polar surface area (TPSA) is 88.4 Å². The van der Waals surface area contributed by atoms with Crippen LogP contribution < -0.4 is 0 Å². The highest BCUT2D eigenvalue weighted by Crippen LogP contribution is 2.13. The third-order valence-electron chi connectivity index (χ3n) is 7.41. The van der Waals surface area contributed by atoms with Gasteiger partial charge in [-0.05, 0) is 38.5 Å². The van der Waals surface area contributed by atoms with E-state index in [1.165, 1.54) is 96.3 Å². The van der Waals surface area contributed by atoms with Crippen molar-refractivity contribution in [1.29, 1.82) is 0 Å². The van der Waals surface area contributed by atoms with Crippen molar-refractivity contribution in [3.63, 3.8) is 0 Å². The summed E-state index contributed by atoms with van der Waals surface area (Å²) in [6.07, 6.45) is 29.1. The van der Waals surface area contributed by atoms with Crippen molar-refractivity contribution in [1.82, 2.24) is 0 Å². The molecule has 0 aliphatic rings. The van der Waals surface area contributed by atoms with Crippen molar-refractivity contribution < 1.29 is 29.5 Å². The number of rotatable bonds is 35. The summed E-state index contributed by atoms with van der Waals surface area (Å²) >= 11 is 0. The molecule has 0 aromatic carbocycles. The average molecular weight is 561 g/mol. The molecule has 6 heteroatoms. The Labute approximate surface area is 242 Å². The quantitative estimate of drug-likeness (QED) is 0.0536. The molecule has 0 atom stereocenters. The molecule has 0 saturated carbocycles. The van der Waals surface area contributed by atoms with E-state index in [1.54, 1.807) is 0 Å². The summed E-state index contributed by atoms with van der Waals surface area (Å²) in [5.74, 6) is 0. The third kappa shape index (κ3) is 33.9. The lowest BCUT2D eigenvalue weighted by atomic mass is 10.1. The molecule has 0 spiro atoms. The van der Waals surface area contributed by atoms with Gasteiger partial charge in [-0.3, -0.25) is 0 Å². The number of aliphatic hydroxyl groups is 3. The Morgan fingerprint density at radius 3 is 0.923 bits per heavy atom. The monoisotopic (exact) mass is 561 g/mol. The van der Waals surface area contributed by atoms with Gasteiger partial charge in [-0.1, -0.05) is 116 Å². The maximum atomic E-state index is 8.85. The van der Waals surface area contributed by atoms with Gasteiger partial charge >= 0.3 is 0 Å². The number of hydrogen-bond donors (Lipinski definition) is 3. The van der Waals surface area contributed by atoms with Crippen molar-refractivity contribution in [3.05, 3.63) is 0 Å². The van der Waals surface area contributed by atoms with Crippen LogP contribution in [0.5, 0.6) is 0 Å². The summed E-state index contributed by atoms with van der Waals surface area (Å²) in [6, 6.07) is 0. The average Bonchev–Trinajstić information content (AvgIpc) is 2.95. The van der Waals surface area contributed by atoms with Crippen LogP contribution >= 0.6 is 0 Å². The number of aliphatic hydroxyl groups excluding tert-OH is 3. The minimum absolute atomic E-state index is 0.152. The van der Waals surface area contributed by atoms with Gasteiger partial charge in [0.05, 0.1) is 6.61 Å². The first-order valence-electron chi connectivity index (χ1n) is 17.0. The van der Waals surface area contributed by atoms with Gasteiger partial charge in [0.25, 0.3) is 0 Å². The van der Waals surface area contributed by atoms with E-state index in [0.717, 1.165) is 84.0 Å². The fourth-order valence-corrected chi connectivity index (χ4v) is 4.85. The summed E-state index contributed by atoms with van der Waals surface area (Å²) in [6.45, 7) is 4.04. The van der Waals surface area contributed by atoms with Crippen molar-refractivity contribution >= 4 is 0 Å². The Kier molecular flexibility index (Phi) is 35.6. The fourth-order valence-electron chi connectivity index (χ4n) is 4.85. The molecule has 0 aliphatic heterocycles. The van der Waals surface area contributed by atoms with Crippen LogP contribution in [0.2, 0.25) is 0 Å². The molecular weight excluding hydrogens is 492 g/mol. The summed E-state index contributed by atoms with van der Waals surface area (Å²) in [5.41, 5.74) is 0. The van der Waals surface area contributed by atoms with E-state index in [2.05, 4.69) is 0 Å². The summed E-state index contributed by atoms with van der Waals surface area (Å²) < 4.78 is 18.1. The molecule has 0 fully saturated rings. The maximum absolute atomic E-state index is 8.85. The molecule has 0 aromatic rings. The van der Waals surface area contributed by atoms with Gasteiger partial charge in [0.1, 0.15) is 0 Å². The summed E-state index contributed by atoms with van der Waals surface area (Å²) in [7, 11) is 0. The van der Waals surface area contributed by atoms with E-state index in [4.69, 9.17) is 29.5 Å². The third-order valence-corrected chi connectivity index (χ3v) is 7.41. The second-order valence-corrected chi connectivity index (χ2v) is 11.2. The number of hydrogen-bond acceptors (Lipinski definition) is 6. The lowest BCUT2D eigenvalue weighted by Crippen LogP contribution is -2.21. The van der Waals surface area contributed by atoms with Crippen molar-refractivity contribution in [2.24, 2.45) is 0 Å². The Hall–Kier alpha value is -0.240. The van der Waals surface area contributed by atoms with Gasteiger partial charge in [0.15, 0.2) is 6.29 Å². The molecule has 6 nitrogen and oxygen atoms in total. The van der Waals surface area contributed by atoms with Crippen molar-refractivity contribution in [2.45, 2.75) is 167 Å². The first-order valence-corrected chi connectivity index (χ1v) is 17.0. The van der Waals surface area contributed by atoms with Crippen LogP contribution in [0.4, 0.5) is 0 Å². The van der Waals surface area contributed by atoms with E-state index < -0.39 is 0 Å². The molecule has 0 radical (unpaired) electrons. The van der Waals surface area contributed by atoms with Crippen LogP contribution in [0.1, 0.15) is 161 Å². The Balaban J connectivity index is 3.87. The molecular formula is C33H68O6. The summed E-state index contributed by atoms with van der Waals surface area (Å²) in [5, 5.41) is 26.5. The van der Waals surface area contributed by atoms with Gasteiger partial charge in [0, 0.05) is 46.1 Å². The molecule has 0 rings (SSSR count). The van der Waals surface area contributed by atoms with Gasteiger partial charge in [-0.2, -0.15) is 0 Å². The summed E-state index contributed by atoms with van der Waals surface area (Å²) in [4.78, 5) is 0. The minimum atomic E-state index is -0.152. The van der Waals surface area contributed by atoms with Gasteiger partial charge in [-0.25, -0.2) is 0 Å². The predicted molar refractivity (Wildman–Crippen MR) is 163 cm³/mol. The molecule has 3 N–H and O–H groups in total. The zero-order valence-corrected chi connectivity index (χ0v) is 25.8. The number of ether oxygens (including phenoxy) is 3. The molecule has 39 heavy (non-hydrogen) atoms. The van der Waals surface area contributed by atoms with Crippen LogP contribution in [0.25, 0.3) is 0 Å². The first kappa shape index (κ1) is 38.8. The molecule has 0 amide bonds. The second-order valence-electron chi connectivity index (χ2n) is 11.2. The number of unbranched alkanes of at least 4 members (excludes halogenated alkanes) is 21. The predicted octanol–water partition coefficient (Wildman–Crippen LogP) is 8.09. The molecule has 0 saturated heterocycles. The van der Waals surface area contributed by atoms with Crippen molar-refractivity contribution in [3.8, 4) is 0 Å². The molecule has 0 bridgehead atoms. The van der Waals surface area contributed by atoms with Crippen LogP contribution in [0, 0.1) is 0 Å². The lowest BCUT2D eigenvalue weighted by molar-refractivity contribution is -0.154. The van der Waals surface area contributed by atoms with E-state index in [9.17, 15) is 0 Å². The fraction of sp³-hybridized carbons (Fsp3) is 1.00. The minimum Gasteiger partial charge on any atom is -0.396 e. The van der Waals surface area contributed by atoms with Crippen LogP contribution in [0.15, 0.2) is 0 Å². The van der Waals surface area contributed by atoms with E-state index in [-0.39, 0.29) is 6.29 Å². The first-order chi connectivity index (χ1) is 19.3. The molecule has 0 aromatic heterocycles. The zero-order valence-electron chi connectivity index (χ0n) is 25.8. The van der Waals surface area contributed by atoms with Gasteiger partial charge < -0.3 is 29.5 Å². The van der Waals surface area contributed by atoms with E-state index in [0.29, 0.717) is 26.4 Å². The Bertz CT molecular complexity index is 399. The molecule has 0 aliphatic carbocycles. The van der Waals surface area contributed by atoms with Crippen LogP contribution in [-0.2, 0) is 14.2 Å². The molecule has 0 unspecified atom stereocenters. The Morgan fingerprint density at radius 2 is 0.590 bits per heavy atom. The largest absolute Gasteiger partial charge is 0.396 e. The standard InChI is InChI=1S/C33H68O6/c34-26-19-13-7-1-4-10-16-22-29-37-32-25-33(38-30-23-17-11-5-2-8-14-20-27-35)39-31-24-18-12-6-3-9-15-21-28-36/h33-36H,1-32H2. The highest BCUT2D eigenvalue weighted by molar-refractivity contribution is 4.52. The highest BCUT2D eigenvalue weighted by atomic mass is 16.7. The normalized spacial score (nSPS) is 11.7. The van der Waals surface area contributed by atoms with E-state index in [1.807, 2.05) is 0 Å². The zero-order chi connectivity index (χ0) is 28.3. The van der Waals surface area contributed by atoms with Crippen molar-refractivity contribution in [2.75, 3.05) is 46.2 Å². The maximum Gasteiger partial charge on any atom is 0.159 e. The van der Waals surface area contributed by atoms with Crippen LogP contribution in [-0.4, -0.2) is 67.9 Å². The highest BCUT2D eigenvalue weighted by Gasteiger charge is 2.10. The molecule has 236 valence electrons. The SMILES string of the molecule is OCCCCCCCCCCOCCC(OCCCCCCCCCCO)OCCCCCCCCCCO.